The highest BCUT2D eigenvalue weighted by molar-refractivity contribution is 5.97. The van der Waals surface area contributed by atoms with E-state index in [2.05, 4.69) is 31.2 Å². The summed E-state index contributed by atoms with van der Waals surface area (Å²) in [5.41, 5.74) is 3.05. The standard InChI is InChI=1S/C44H60F2N8O8/c1-21(47-5)41(57)51-37(23(3)61-7)43(59)53-15-13-35(55)33(53)19-29-27-11-9-25(45)17-31(27)49-39(29)40-30(28-12-10-26(46)18-32(28)50-40)20-34-36(56)14-16-54(34)44(60)38(24(4)62-8)52-42(58)22(2)48-6/h9-12,17-18,21-24,33-38,47-50,55-56H,13-16,19-20H2,1-8H3,(H,51,57)(H,52,58)/t21-,22-,23+,24+,33-,34+,35+,36+,37-,38-/m0/s1. The summed E-state index contributed by atoms with van der Waals surface area (Å²) in [6.07, 6.45) is -2.67. The van der Waals surface area contributed by atoms with Crippen LogP contribution in [0.5, 0.6) is 0 Å². The van der Waals surface area contributed by atoms with Gasteiger partial charge in [-0.05, 0) is 115 Å². The molecule has 8 N–H and O–H groups in total. The molecule has 0 saturated carbocycles. The third kappa shape index (κ3) is 9.35. The average molecular weight is 867 g/mol. The Hall–Kier alpha value is -4.98. The summed E-state index contributed by atoms with van der Waals surface area (Å²) in [7, 11) is 6.15. The van der Waals surface area contributed by atoms with E-state index in [0.29, 0.717) is 44.3 Å². The minimum Gasteiger partial charge on any atom is -0.391 e. The Balaban J connectivity index is 1.43. The molecule has 0 spiro atoms. The van der Waals surface area contributed by atoms with Crippen molar-refractivity contribution in [1.29, 1.82) is 0 Å². The van der Waals surface area contributed by atoms with Crippen LogP contribution in [0.3, 0.4) is 0 Å². The van der Waals surface area contributed by atoms with Crippen LogP contribution in [-0.4, -0.2) is 156 Å². The van der Waals surface area contributed by atoms with Crippen molar-refractivity contribution in [2.24, 2.45) is 0 Å². The van der Waals surface area contributed by atoms with Crippen molar-refractivity contribution in [1.82, 2.24) is 41.0 Å². The molecule has 0 radical (unpaired) electrons. The zero-order valence-corrected chi connectivity index (χ0v) is 36.5. The third-order valence-electron chi connectivity index (χ3n) is 12.9. The Labute approximate surface area is 359 Å². The Kier molecular flexibility index (Phi) is 14.7. The number of benzene rings is 2. The SMILES string of the molecule is CN[C@@H](C)C(=O)N[C@H](C(=O)N1CC[C@@H](O)[C@H]1Cc1c(-c2[nH]c3cc(F)ccc3c2C[C@H]2[C@H](O)CCN2C(=O)[C@@H](NC(=O)[C@H](C)NC)[C@@H](C)OC)[nH]c2cc(F)ccc12)[C@@H](C)OC. The molecule has 0 unspecified atom stereocenters. The number of amides is 4. The molecule has 2 saturated heterocycles. The smallest absolute Gasteiger partial charge is 0.248 e. The van der Waals surface area contributed by atoms with E-state index in [4.69, 9.17) is 9.47 Å². The number of likely N-dealkylation sites (N-methyl/N-ethyl adjacent to an activating group) is 2. The van der Waals surface area contributed by atoms with Gasteiger partial charge in [0.25, 0.3) is 0 Å². The second-order valence-electron chi connectivity index (χ2n) is 16.5. The summed E-state index contributed by atoms with van der Waals surface area (Å²) in [4.78, 5) is 64.6. The maximum Gasteiger partial charge on any atom is 0.248 e. The molecule has 2 aliphatic heterocycles. The highest BCUT2D eigenvalue weighted by Gasteiger charge is 2.44. The van der Waals surface area contributed by atoms with Gasteiger partial charge < -0.3 is 60.7 Å². The van der Waals surface area contributed by atoms with Crippen LogP contribution in [0.25, 0.3) is 33.2 Å². The molecule has 4 amide bonds. The molecule has 62 heavy (non-hydrogen) atoms. The number of likely N-dealkylation sites (tertiary alicyclic amines) is 2. The van der Waals surface area contributed by atoms with Crippen molar-refractivity contribution in [2.45, 2.75) is 114 Å². The maximum atomic E-state index is 14.9. The van der Waals surface area contributed by atoms with Gasteiger partial charge in [0, 0.05) is 49.1 Å². The topological polar surface area (TPSA) is 213 Å². The molecular weight excluding hydrogens is 807 g/mol. The van der Waals surface area contributed by atoms with Gasteiger partial charge in [0.05, 0.1) is 60.0 Å². The van der Waals surface area contributed by atoms with Crippen LogP contribution in [0.4, 0.5) is 8.78 Å². The van der Waals surface area contributed by atoms with Crippen LogP contribution in [0.15, 0.2) is 36.4 Å². The van der Waals surface area contributed by atoms with E-state index in [1.807, 2.05) is 0 Å². The van der Waals surface area contributed by atoms with Crippen LogP contribution in [-0.2, 0) is 41.5 Å². The number of halogens is 2. The first-order chi connectivity index (χ1) is 29.5. The molecule has 0 aliphatic carbocycles. The van der Waals surface area contributed by atoms with Gasteiger partial charge >= 0.3 is 0 Å². The summed E-state index contributed by atoms with van der Waals surface area (Å²) < 4.78 is 40.9. The number of carbonyl (C=O) groups excluding carboxylic acids is 4. The normalized spacial score (nSPS) is 22.1. The Bertz CT molecular complexity index is 2110. The molecule has 338 valence electrons. The Morgan fingerprint density at radius 2 is 1.06 bits per heavy atom. The molecule has 4 aromatic rings. The molecule has 0 bridgehead atoms. The maximum absolute atomic E-state index is 14.9. The van der Waals surface area contributed by atoms with Crippen molar-refractivity contribution < 1.29 is 47.6 Å². The average Bonchev–Trinajstić information content (AvgIpc) is 4.02. The number of aliphatic hydroxyl groups is 2. The molecule has 16 nitrogen and oxygen atoms in total. The number of fused-ring (bicyclic) bond motifs is 2. The lowest BCUT2D eigenvalue weighted by atomic mass is 9.93. The van der Waals surface area contributed by atoms with Crippen molar-refractivity contribution in [3.8, 4) is 11.4 Å². The molecular formula is C44H60F2N8O8. The number of H-pyrrole nitrogens is 2. The first kappa shape index (κ1) is 46.5. The number of ether oxygens (including phenoxy) is 2. The van der Waals surface area contributed by atoms with Gasteiger partial charge in [0.2, 0.25) is 23.6 Å². The van der Waals surface area contributed by atoms with Crippen LogP contribution in [0.1, 0.15) is 51.7 Å². The predicted molar refractivity (Wildman–Crippen MR) is 229 cm³/mol. The summed E-state index contributed by atoms with van der Waals surface area (Å²) >= 11 is 0. The quantitative estimate of drug-likeness (QED) is 0.0772. The number of nitrogens with zero attached hydrogens (tertiary/aromatic N) is 2. The van der Waals surface area contributed by atoms with Crippen molar-refractivity contribution in [3.63, 3.8) is 0 Å². The van der Waals surface area contributed by atoms with Crippen molar-refractivity contribution in [2.75, 3.05) is 41.4 Å². The van der Waals surface area contributed by atoms with E-state index in [1.165, 1.54) is 38.5 Å². The van der Waals surface area contributed by atoms with Gasteiger partial charge in [0.1, 0.15) is 23.7 Å². The molecule has 2 aromatic carbocycles. The van der Waals surface area contributed by atoms with E-state index in [0.717, 1.165) is 0 Å². The minimum absolute atomic E-state index is 0.0873. The van der Waals surface area contributed by atoms with Crippen molar-refractivity contribution in [3.05, 3.63) is 59.2 Å². The molecule has 10 atom stereocenters. The second-order valence-corrected chi connectivity index (χ2v) is 16.5. The Morgan fingerprint density at radius 1 is 0.694 bits per heavy atom. The minimum atomic E-state index is -1.07. The third-order valence-corrected chi connectivity index (χ3v) is 12.9. The number of aromatic nitrogens is 2. The highest BCUT2D eigenvalue weighted by atomic mass is 19.1. The second kappa shape index (κ2) is 19.6. The molecule has 18 heteroatoms. The number of hydrogen-bond acceptors (Lipinski definition) is 10. The van der Waals surface area contributed by atoms with Crippen LogP contribution in [0, 0.1) is 11.6 Å². The number of hydrogen-bond donors (Lipinski definition) is 8. The van der Waals surface area contributed by atoms with Gasteiger partial charge in [-0.15, -0.1) is 0 Å². The van der Waals surface area contributed by atoms with Gasteiger partial charge in [-0.3, -0.25) is 19.2 Å². The van der Waals surface area contributed by atoms with Gasteiger partial charge in [0.15, 0.2) is 0 Å². The predicted octanol–water partition coefficient (Wildman–Crippen LogP) is 1.86. The lowest BCUT2D eigenvalue weighted by Gasteiger charge is -2.33. The molecule has 2 fully saturated rings. The van der Waals surface area contributed by atoms with E-state index in [1.54, 1.807) is 63.7 Å². The van der Waals surface area contributed by atoms with Crippen LogP contribution >= 0.6 is 0 Å². The molecule has 2 aliphatic rings. The van der Waals surface area contributed by atoms with E-state index in [-0.39, 0.29) is 38.8 Å². The number of rotatable bonds is 17. The highest BCUT2D eigenvalue weighted by Crippen LogP contribution is 2.40. The Morgan fingerprint density at radius 3 is 1.40 bits per heavy atom. The fourth-order valence-electron chi connectivity index (χ4n) is 8.65. The summed E-state index contributed by atoms with van der Waals surface area (Å²) in [6.45, 7) is 7.07. The number of aliphatic hydroxyl groups excluding tert-OH is 2. The monoisotopic (exact) mass is 866 g/mol. The lowest BCUT2D eigenvalue weighted by molar-refractivity contribution is -0.142. The van der Waals surface area contributed by atoms with Gasteiger partial charge in [-0.25, -0.2) is 8.78 Å². The van der Waals surface area contributed by atoms with Gasteiger partial charge in [-0.2, -0.15) is 0 Å². The molecule has 4 heterocycles. The summed E-state index contributed by atoms with van der Waals surface area (Å²) in [5.74, 6) is -2.70. The van der Waals surface area contributed by atoms with E-state index < -0.39 is 95.9 Å². The number of methoxy groups -OCH3 is 2. The van der Waals surface area contributed by atoms with E-state index >= 15 is 0 Å². The first-order valence-electron chi connectivity index (χ1n) is 21.1. The van der Waals surface area contributed by atoms with E-state index in [9.17, 15) is 38.2 Å². The number of carbonyl (C=O) groups is 4. The number of nitrogens with one attached hydrogen (secondary N) is 6. The first-order valence-corrected chi connectivity index (χ1v) is 21.1. The largest absolute Gasteiger partial charge is 0.391 e. The fraction of sp³-hybridized carbons (Fsp3) is 0.545. The lowest BCUT2D eigenvalue weighted by Crippen LogP contribution is -2.58. The van der Waals surface area contributed by atoms with Gasteiger partial charge in [-0.1, -0.05) is 0 Å². The zero-order chi connectivity index (χ0) is 45.2. The summed E-state index contributed by atoms with van der Waals surface area (Å²) in [5, 5.41) is 35.6. The van der Waals surface area contributed by atoms with Crippen LogP contribution < -0.4 is 21.3 Å². The number of aromatic amines is 2. The zero-order valence-electron chi connectivity index (χ0n) is 36.5. The van der Waals surface area contributed by atoms with Crippen LogP contribution in [0.2, 0.25) is 0 Å². The molecule has 6 rings (SSSR count). The summed E-state index contributed by atoms with van der Waals surface area (Å²) in [6, 6.07) is 3.65. The fourth-order valence-corrected chi connectivity index (χ4v) is 8.65. The molecule has 2 aromatic heterocycles. The van der Waals surface area contributed by atoms with Crippen molar-refractivity contribution >= 4 is 45.4 Å².